The summed E-state index contributed by atoms with van der Waals surface area (Å²) in [5, 5.41) is 7.59. The van der Waals surface area contributed by atoms with Crippen LogP contribution in [0, 0.1) is 0 Å². The van der Waals surface area contributed by atoms with Crippen LogP contribution >= 0.6 is 0 Å². The van der Waals surface area contributed by atoms with Gasteiger partial charge in [-0.3, -0.25) is 0 Å². The monoisotopic (exact) mass is 246 g/mol. The first kappa shape index (κ1) is 12.4. The van der Waals surface area contributed by atoms with Crippen LogP contribution in [0.4, 0.5) is 5.69 Å². The average molecular weight is 246 g/mol. The summed E-state index contributed by atoms with van der Waals surface area (Å²) in [5.41, 5.74) is 7.35. The fourth-order valence-electron chi connectivity index (χ4n) is 1.70. The number of para-hydroxylation sites is 2. The SMILES string of the molecule is COc1ccccc1-n1cc(NCCCN)cn1. The number of ether oxygens (including phenoxy) is 1. The van der Waals surface area contributed by atoms with Crippen LogP contribution in [0.2, 0.25) is 0 Å². The Morgan fingerprint density at radius 1 is 1.39 bits per heavy atom. The minimum absolute atomic E-state index is 0.688. The number of benzene rings is 1. The van der Waals surface area contributed by atoms with Crippen molar-refractivity contribution in [1.29, 1.82) is 0 Å². The van der Waals surface area contributed by atoms with Crippen molar-refractivity contribution in [2.24, 2.45) is 5.73 Å². The quantitative estimate of drug-likeness (QED) is 0.760. The molecule has 2 rings (SSSR count). The van der Waals surface area contributed by atoms with E-state index in [1.165, 1.54) is 0 Å². The van der Waals surface area contributed by atoms with Crippen LogP contribution in [0.3, 0.4) is 0 Å². The highest BCUT2D eigenvalue weighted by atomic mass is 16.5. The topological polar surface area (TPSA) is 65.1 Å². The Morgan fingerprint density at radius 2 is 2.22 bits per heavy atom. The molecule has 5 heteroatoms. The molecule has 18 heavy (non-hydrogen) atoms. The summed E-state index contributed by atoms with van der Waals surface area (Å²) < 4.78 is 7.11. The summed E-state index contributed by atoms with van der Waals surface area (Å²) in [6.45, 7) is 1.54. The summed E-state index contributed by atoms with van der Waals surface area (Å²) in [6, 6.07) is 7.78. The van der Waals surface area contributed by atoms with Gasteiger partial charge in [0.1, 0.15) is 11.4 Å². The summed E-state index contributed by atoms with van der Waals surface area (Å²) in [4.78, 5) is 0. The molecule has 0 aliphatic rings. The molecule has 3 N–H and O–H groups in total. The maximum absolute atomic E-state index is 5.45. The van der Waals surface area contributed by atoms with Crippen molar-refractivity contribution in [2.75, 3.05) is 25.5 Å². The van der Waals surface area contributed by atoms with Crippen LogP contribution in [-0.2, 0) is 0 Å². The Hall–Kier alpha value is -2.01. The van der Waals surface area contributed by atoms with Crippen molar-refractivity contribution in [1.82, 2.24) is 9.78 Å². The van der Waals surface area contributed by atoms with E-state index in [9.17, 15) is 0 Å². The molecule has 0 unspecified atom stereocenters. The Labute approximate surface area is 107 Å². The minimum atomic E-state index is 0.688. The molecule has 0 amide bonds. The second-order valence-corrected chi connectivity index (χ2v) is 3.91. The largest absolute Gasteiger partial charge is 0.494 e. The van der Waals surface area contributed by atoms with E-state index in [4.69, 9.17) is 10.5 Å². The lowest BCUT2D eigenvalue weighted by Crippen LogP contribution is -2.07. The standard InChI is InChI=1S/C13H18N4O/c1-18-13-6-3-2-5-12(13)17-10-11(9-16-17)15-8-4-7-14/h2-3,5-6,9-10,15H,4,7-8,14H2,1H3. The molecule has 0 bridgehead atoms. The maximum Gasteiger partial charge on any atom is 0.144 e. The molecule has 0 atom stereocenters. The number of hydrogen-bond acceptors (Lipinski definition) is 4. The summed E-state index contributed by atoms with van der Waals surface area (Å²) >= 11 is 0. The maximum atomic E-state index is 5.45. The number of hydrogen-bond donors (Lipinski definition) is 2. The van der Waals surface area contributed by atoms with E-state index in [1.807, 2.05) is 30.5 Å². The van der Waals surface area contributed by atoms with Gasteiger partial charge in [-0.25, -0.2) is 4.68 Å². The molecular weight excluding hydrogens is 228 g/mol. The third kappa shape index (κ3) is 2.81. The van der Waals surface area contributed by atoms with Crippen molar-refractivity contribution in [3.05, 3.63) is 36.7 Å². The molecule has 1 aromatic heterocycles. The second-order valence-electron chi connectivity index (χ2n) is 3.91. The van der Waals surface area contributed by atoms with E-state index in [1.54, 1.807) is 18.0 Å². The van der Waals surface area contributed by atoms with E-state index >= 15 is 0 Å². The van der Waals surface area contributed by atoms with Gasteiger partial charge in [0.05, 0.1) is 25.2 Å². The van der Waals surface area contributed by atoms with Crippen molar-refractivity contribution < 1.29 is 4.74 Å². The van der Waals surface area contributed by atoms with Gasteiger partial charge in [-0.1, -0.05) is 12.1 Å². The van der Waals surface area contributed by atoms with Crippen molar-refractivity contribution >= 4 is 5.69 Å². The smallest absolute Gasteiger partial charge is 0.144 e. The predicted molar refractivity (Wildman–Crippen MR) is 72.3 cm³/mol. The zero-order chi connectivity index (χ0) is 12.8. The molecule has 0 aliphatic heterocycles. The molecule has 96 valence electrons. The lowest BCUT2D eigenvalue weighted by molar-refractivity contribution is 0.411. The van der Waals surface area contributed by atoms with Gasteiger partial charge in [-0.15, -0.1) is 0 Å². The van der Waals surface area contributed by atoms with Crippen molar-refractivity contribution in [3.8, 4) is 11.4 Å². The van der Waals surface area contributed by atoms with E-state index in [2.05, 4.69) is 10.4 Å². The van der Waals surface area contributed by atoms with Gasteiger partial charge >= 0.3 is 0 Å². The summed E-state index contributed by atoms with van der Waals surface area (Å²) in [5.74, 6) is 0.800. The molecule has 1 heterocycles. The Morgan fingerprint density at radius 3 is 3.00 bits per heavy atom. The highest BCUT2D eigenvalue weighted by molar-refractivity contribution is 5.49. The number of aromatic nitrogens is 2. The Kier molecular flexibility index (Phi) is 4.20. The van der Waals surface area contributed by atoms with Crippen LogP contribution in [-0.4, -0.2) is 30.0 Å². The summed E-state index contributed by atoms with van der Waals surface area (Å²) in [6.07, 6.45) is 4.68. The van der Waals surface area contributed by atoms with Crippen LogP contribution < -0.4 is 15.8 Å². The molecule has 0 saturated heterocycles. The predicted octanol–water partition coefficient (Wildman–Crippen LogP) is 1.64. The molecular formula is C13H18N4O. The highest BCUT2D eigenvalue weighted by Crippen LogP contribution is 2.22. The highest BCUT2D eigenvalue weighted by Gasteiger charge is 2.05. The molecule has 5 nitrogen and oxygen atoms in total. The molecule has 1 aromatic carbocycles. The first-order chi connectivity index (χ1) is 8.85. The number of nitrogens with two attached hydrogens (primary N) is 1. The van der Waals surface area contributed by atoms with Gasteiger partial charge in [0.25, 0.3) is 0 Å². The first-order valence-corrected chi connectivity index (χ1v) is 5.97. The fourth-order valence-corrected chi connectivity index (χ4v) is 1.70. The fraction of sp³-hybridized carbons (Fsp3) is 0.308. The minimum Gasteiger partial charge on any atom is -0.494 e. The molecule has 0 fully saturated rings. The number of nitrogens with zero attached hydrogens (tertiary/aromatic N) is 2. The van der Waals surface area contributed by atoms with Crippen molar-refractivity contribution in [2.45, 2.75) is 6.42 Å². The molecule has 0 saturated carbocycles. The molecule has 0 radical (unpaired) electrons. The molecule has 0 aliphatic carbocycles. The Bertz CT molecular complexity index is 495. The van der Waals surface area contributed by atoms with Gasteiger partial charge in [0.2, 0.25) is 0 Å². The van der Waals surface area contributed by atoms with Crippen LogP contribution in [0.15, 0.2) is 36.7 Å². The number of nitrogens with one attached hydrogen (secondary N) is 1. The molecule has 0 spiro atoms. The van der Waals surface area contributed by atoms with E-state index < -0.39 is 0 Å². The number of anilines is 1. The normalized spacial score (nSPS) is 10.3. The number of rotatable bonds is 6. The van der Waals surface area contributed by atoms with Crippen LogP contribution in [0.25, 0.3) is 5.69 Å². The van der Waals surface area contributed by atoms with Gasteiger partial charge in [-0.2, -0.15) is 5.10 Å². The third-order valence-electron chi connectivity index (χ3n) is 2.62. The zero-order valence-electron chi connectivity index (χ0n) is 10.5. The van der Waals surface area contributed by atoms with Gasteiger partial charge in [-0.05, 0) is 25.1 Å². The van der Waals surface area contributed by atoms with E-state index in [0.29, 0.717) is 6.54 Å². The van der Waals surface area contributed by atoms with Gasteiger partial charge in [0.15, 0.2) is 0 Å². The van der Waals surface area contributed by atoms with Crippen molar-refractivity contribution in [3.63, 3.8) is 0 Å². The third-order valence-corrected chi connectivity index (χ3v) is 2.62. The van der Waals surface area contributed by atoms with E-state index in [0.717, 1.165) is 30.1 Å². The lowest BCUT2D eigenvalue weighted by Gasteiger charge is -2.07. The Balaban J connectivity index is 2.13. The first-order valence-electron chi connectivity index (χ1n) is 5.97. The number of methoxy groups -OCH3 is 1. The zero-order valence-corrected chi connectivity index (χ0v) is 10.5. The van der Waals surface area contributed by atoms with Gasteiger partial charge < -0.3 is 15.8 Å². The van der Waals surface area contributed by atoms with Crippen LogP contribution in [0.5, 0.6) is 5.75 Å². The van der Waals surface area contributed by atoms with E-state index in [-0.39, 0.29) is 0 Å². The van der Waals surface area contributed by atoms with Gasteiger partial charge in [0, 0.05) is 6.54 Å². The summed E-state index contributed by atoms with van der Waals surface area (Å²) in [7, 11) is 1.66. The molecule has 2 aromatic rings. The average Bonchev–Trinajstić information content (AvgIpc) is 2.88. The lowest BCUT2D eigenvalue weighted by atomic mass is 10.3. The van der Waals surface area contributed by atoms with Crippen LogP contribution in [0.1, 0.15) is 6.42 Å². The second kappa shape index (κ2) is 6.07.